The van der Waals surface area contributed by atoms with Gasteiger partial charge in [0, 0.05) is 7.05 Å². The molecule has 1 atom stereocenters. The van der Waals surface area contributed by atoms with Gasteiger partial charge in [-0.1, -0.05) is 5.21 Å². The first-order chi connectivity index (χ1) is 6.79. The van der Waals surface area contributed by atoms with Crippen LogP contribution >= 0.6 is 0 Å². The van der Waals surface area contributed by atoms with Crippen molar-refractivity contribution in [3.8, 4) is 0 Å². The van der Waals surface area contributed by atoms with E-state index in [0.29, 0.717) is 5.69 Å². The second-order valence-electron chi connectivity index (χ2n) is 4.33. The lowest BCUT2D eigenvalue weighted by Crippen LogP contribution is -2.31. The Hall–Kier alpha value is -1.43. The molecule has 1 heterocycles. The van der Waals surface area contributed by atoms with Crippen LogP contribution in [0, 0.1) is 0 Å². The molecule has 0 aliphatic rings. The van der Waals surface area contributed by atoms with Crippen LogP contribution in [0.2, 0.25) is 0 Å². The van der Waals surface area contributed by atoms with Crippen molar-refractivity contribution >= 4 is 5.97 Å². The average Bonchev–Trinajstić information content (AvgIpc) is 2.47. The molecule has 15 heavy (non-hydrogen) atoms. The van der Waals surface area contributed by atoms with Crippen LogP contribution in [0.1, 0.15) is 32.5 Å². The zero-order chi connectivity index (χ0) is 11.6. The summed E-state index contributed by atoms with van der Waals surface area (Å²) in [5, 5.41) is 7.45. The van der Waals surface area contributed by atoms with Crippen LogP contribution in [0.5, 0.6) is 0 Å². The summed E-state index contributed by atoms with van der Waals surface area (Å²) >= 11 is 0. The molecule has 0 fully saturated rings. The molecule has 1 unspecified atom stereocenters. The molecule has 84 valence electrons. The van der Waals surface area contributed by atoms with Gasteiger partial charge >= 0.3 is 5.97 Å². The third kappa shape index (κ3) is 3.32. The molecular weight excluding hydrogens is 196 g/mol. The zero-order valence-corrected chi connectivity index (χ0v) is 9.39. The third-order valence-electron chi connectivity index (χ3n) is 1.60. The van der Waals surface area contributed by atoms with Crippen molar-refractivity contribution < 1.29 is 9.53 Å². The second kappa shape index (κ2) is 3.98. The molecule has 0 aliphatic heterocycles. The summed E-state index contributed by atoms with van der Waals surface area (Å²) in [5.41, 5.74) is 5.53. The van der Waals surface area contributed by atoms with Gasteiger partial charge in [-0.05, 0) is 20.8 Å². The van der Waals surface area contributed by atoms with E-state index in [4.69, 9.17) is 10.5 Å². The van der Waals surface area contributed by atoms with Crippen LogP contribution < -0.4 is 5.73 Å². The molecule has 0 radical (unpaired) electrons. The molecule has 0 aromatic carbocycles. The molecule has 1 aromatic rings. The first-order valence-electron chi connectivity index (χ1n) is 4.64. The van der Waals surface area contributed by atoms with Gasteiger partial charge < -0.3 is 10.5 Å². The van der Waals surface area contributed by atoms with E-state index in [-0.39, 0.29) is 0 Å². The Morgan fingerprint density at radius 3 is 2.60 bits per heavy atom. The van der Waals surface area contributed by atoms with E-state index >= 15 is 0 Å². The van der Waals surface area contributed by atoms with Crippen molar-refractivity contribution in [2.45, 2.75) is 32.4 Å². The molecule has 0 amide bonds. The normalized spacial score (nSPS) is 13.7. The molecule has 6 nitrogen and oxygen atoms in total. The molecular formula is C9H16N4O2. The summed E-state index contributed by atoms with van der Waals surface area (Å²) < 4.78 is 6.61. The fourth-order valence-corrected chi connectivity index (χ4v) is 0.994. The quantitative estimate of drug-likeness (QED) is 0.706. The highest BCUT2D eigenvalue weighted by Crippen LogP contribution is 2.14. The number of esters is 1. The summed E-state index contributed by atoms with van der Waals surface area (Å²) in [6.45, 7) is 5.36. The fourth-order valence-electron chi connectivity index (χ4n) is 0.994. The van der Waals surface area contributed by atoms with Gasteiger partial charge in [0.15, 0.2) is 0 Å². The molecule has 6 heteroatoms. The number of hydrogen-bond donors (Lipinski definition) is 1. The van der Waals surface area contributed by atoms with E-state index in [1.54, 1.807) is 34.0 Å². The lowest BCUT2D eigenvalue weighted by molar-refractivity contribution is -0.156. The summed E-state index contributed by atoms with van der Waals surface area (Å²) in [5.74, 6) is -0.497. The minimum absolute atomic E-state index is 0.409. The molecule has 0 bridgehead atoms. The molecule has 0 saturated heterocycles. The molecule has 1 aromatic heterocycles. The van der Waals surface area contributed by atoms with Crippen LogP contribution in [-0.4, -0.2) is 26.6 Å². The summed E-state index contributed by atoms with van der Waals surface area (Å²) in [6, 6.07) is -0.877. The number of aryl methyl sites for hydroxylation is 1. The van der Waals surface area contributed by atoms with Crippen molar-refractivity contribution in [2.24, 2.45) is 12.8 Å². The van der Waals surface area contributed by atoms with E-state index in [1.165, 1.54) is 4.68 Å². The number of nitrogens with zero attached hydrogens (tertiary/aromatic N) is 3. The first-order valence-corrected chi connectivity index (χ1v) is 4.64. The van der Waals surface area contributed by atoms with Crippen molar-refractivity contribution in [1.29, 1.82) is 0 Å². The Bertz CT molecular complexity index is 353. The maximum Gasteiger partial charge on any atom is 0.329 e. The standard InChI is InChI=1S/C9H16N4O2/c1-9(2,3)15-8(14)7(10)6-5-13(4)12-11-6/h5,7H,10H2,1-4H3. The number of hydrogen-bond acceptors (Lipinski definition) is 5. The summed E-state index contributed by atoms with van der Waals surface area (Å²) in [7, 11) is 1.71. The highest BCUT2D eigenvalue weighted by atomic mass is 16.6. The third-order valence-corrected chi connectivity index (χ3v) is 1.60. The van der Waals surface area contributed by atoms with E-state index in [0.717, 1.165) is 0 Å². The monoisotopic (exact) mass is 212 g/mol. The van der Waals surface area contributed by atoms with Gasteiger partial charge in [-0.2, -0.15) is 0 Å². The van der Waals surface area contributed by atoms with Gasteiger partial charge in [0.1, 0.15) is 17.3 Å². The predicted octanol–water partition coefficient (Wildman–Crippen LogP) is 0.157. The SMILES string of the molecule is Cn1cc(C(N)C(=O)OC(C)(C)C)nn1. The van der Waals surface area contributed by atoms with E-state index in [2.05, 4.69) is 10.3 Å². The lowest BCUT2D eigenvalue weighted by Gasteiger charge is -2.21. The number of aromatic nitrogens is 3. The van der Waals surface area contributed by atoms with Crippen LogP contribution in [0.25, 0.3) is 0 Å². The summed E-state index contributed by atoms with van der Waals surface area (Å²) in [4.78, 5) is 11.5. The van der Waals surface area contributed by atoms with Gasteiger partial charge in [0.2, 0.25) is 0 Å². The summed E-state index contributed by atoms with van der Waals surface area (Å²) in [6.07, 6.45) is 1.59. The maximum absolute atomic E-state index is 11.5. The first kappa shape index (κ1) is 11.6. The van der Waals surface area contributed by atoms with Crippen molar-refractivity contribution in [2.75, 3.05) is 0 Å². The van der Waals surface area contributed by atoms with Crippen molar-refractivity contribution in [3.63, 3.8) is 0 Å². The Morgan fingerprint density at radius 1 is 1.60 bits per heavy atom. The fraction of sp³-hybridized carbons (Fsp3) is 0.667. The van der Waals surface area contributed by atoms with Crippen LogP contribution in [-0.2, 0) is 16.6 Å². The molecule has 0 spiro atoms. The van der Waals surface area contributed by atoms with Crippen LogP contribution in [0.15, 0.2) is 6.20 Å². The number of ether oxygens (including phenoxy) is 1. The Morgan fingerprint density at radius 2 is 2.20 bits per heavy atom. The number of carbonyl (C=O) groups is 1. The Labute approximate surface area is 88.4 Å². The van der Waals surface area contributed by atoms with Gasteiger partial charge in [-0.3, -0.25) is 4.68 Å². The minimum Gasteiger partial charge on any atom is -0.459 e. The van der Waals surface area contributed by atoms with E-state index < -0.39 is 17.6 Å². The number of carbonyl (C=O) groups excluding carboxylic acids is 1. The highest BCUT2D eigenvalue weighted by Gasteiger charge is 2.25. The minimum atomic E-state index is -0.877. The molecule has 0 aliphatic carbocycles. The highest BCUT2D eigenvalue weighted by molar-refractivity contribution is 5.76. The molecule has 2 N–H and O–H groups in total. The second-order valence-corrected chi connectivity index (χ2v) is 4.33. The van der Waals surface area contributed by atoms with Gasteiger partial charge in [-0.15, -0.1) is 5.10 Å². The zero-order valence-electron chi connectivity index (χ0n) is 9.39. The van der Waals surface area contributed by atoms with Gasteiger partial charge in [0.05, 0.1) is 6.20 Å². The lowest BCUT2D eigenvalue weighted by atomic mass is 10.2. The molecule has 0 saturated carbocycles. The van der Waals surface area contributed by atoms with Crippen molar-refractivity contribution in [3.05, 3.63) is 11.9 Å². The van der Waals surface area contributed by atoms with E-state index in [9.17, 15) is 4.79 Å². The predicted molar refractivity (Wildman–Crippen MR) is 53.8 cm³/mol. The molecule has 1 rings (SSSR count). The Kier molecular flexibility index (Phi) is 3.09. The van der Waals surface area contributed by atoms with Gasteiger partial charge in [0.25, 0.3) is 0 Å². The largest absolute Gasteiger partial charge is 0.459 e. The van der Waals surface area contributed by atoms with E-state index in [1.807, 2.05) is 0 Å². The van der Waals surface area contributed by atoms with Crippen LogP contribution in [0.4, 0.5) is 0 Å². The Balaban J connectivity index is 2.69. The maximum atomic E-state index is 11.5. The van der Waals surface area contributed by atoms with Gasteiger partial charge in [-0.25, -0.2) is 4.79 Å². The average molecular weight is 212 g/mol. The number of rotatable bonds is 2. The van der Waals surface area contributed by atoms with Crippen molar-refractivity contribution in [1.82, 2.24) is 15.0 Å². The smallest absolute Gasteiger partial charge is 0.329 e. The topological polar surface area (TPSA) is 83.0 Å². The number of nitrogens with two attached hydrogens (primary N) is 1. The van der Waals surface area contributed by atoms with Crippen LogP contribution in [0.3, 0.4) is 0 Å².